The summed E-state index contributed by atoms with van der Waals surface area (Å²) in [5, 5.41) is 19.4. The Kier molecular flexibility index (Phi) is 5.82. The second kappa shape index (κ2) is 9.43. The molecule has 36 heavy (non-hydrogen) atoms. The molecule has 182 valence electrons. The van der Waals surface area contributed by atoms with Gasteiger partial charge in [-0.25, -0.2) is 14.5 Å². The second-order valence-corrected chi connectivity index (χ2v) is 9.18. The summed E-state index contributed by atoms with van der Waals surface area (Å²) >= 11 is 0. The Hall–Kier alpha value is -4.24. The maximum atomic E-state index is 10.6. The van der Waals surface area contributed by atoms with Crippen LogP contribution in [0.4, 0.5) is 11.6 Å². The predicted octanol–water partition coefficient (Wildman–Crippen LogP) is 3.13. The largest absolute Gasteiger partial charge is 0.388 e. The third-order valence-corrected chi connectivity index (χ3v) is 6.75. The summed E-state index contributed by atoms with van der Waals surface area (Å²) in [7, 11) is 1.92. The highest BCUT2D eigenvalue weighted by Crippen LogP contribution is 2.27. The van der Waals surface area contributed by atoms with Crippen molar-refractivity contribution in [2.75, 3.05) is 36.0 Å². The zero-order chi connectivity index (χ0) is 24.5. The van der Waals surface area contributed by atoms with Gasteiger partial charge in [0.1, 0.15) is 0 Å². The molecule has 5 heterocycles. The normalized spacial score (nSPS) is 14.9. The Balaban J connectivity index is 1.10. The number of fused-ring (bicyclic) bond motifs is 1. The fourth-order valence-corrected chi connectivity index (χ4v) is 4.72. The van der Waals surface area contributed by atoms with E-state index in [1.54, 1.807) is 17.1 Å². The topological polar surface area (TPSA) is 87.6 Å². The van der Waals surface area contributed by atoms with Gasteiger partial charge in [-0.1, -0.05) is 36.4 Å². The SMILES string of the molecule is Cn1cc(-c2ccc3c(N4CCN(c5ncc(C(O)Cc6ccccc6)cn5)CC4)cnn3c2)cn1. The molecule has 1 saturated heterocycles. The predicted molar refractivity (Wildman–Crippen MR) is 139 cm³/mol. The summed E-state index contributed by atoms with van der Waals surface area (Å²) in [5.74, 6) is 0.700. The number of pyridine rings is 1. The number of hydrogen-bond donors (Lipinski definition) is 1. The molecule has 9 heteroatoms. The average Bonchev–Trinajstić information content (AvgIpc) is 3.55. The number of aliphatic hydroxyl groups excluding tert-OH is 1. The Bertz CT molecular complexity index is 1450. The maximum absolute atomic E-state index is 10.6. The maximum Gasteiger partial charge on any atom is 0.225 e. The van der Waals surface area contributed by atoms with E-state index in [0.29, 0.717) is 12.4 Å². The summed E-state index contributed by atoms with van der Waals surface area (Å²) in [6.45, 7) is 3.34. The van der Waals surface area contributed by atoms with Crippen LogP contribution in [0.3, 0.4) is 0 Å². The van der Waals surface area contributed by atoms with Crippen LogP contribution >= 0.6 is 0 Å². The van der Waals surface area contributed by atoms with E-state index >= 15 is 0 Å². The van der Waals surface area contributed by atoms with Gasteiger partial charge in [-0.15, -0.1) is 0 Å². The molecule has 0 spiro atoms. The highest BCUT2D eigenvalue weighted by atomic mass is 16.3. The lowest BCUT2D eigenvalue weighted by Crippen LogP contribution is -2.47. The molecule has 1 aliphatic rings. The van der Waals surface area contributed by atoms with Crippen molar-refractivity contribution in [3.8, 4) is 11.1 Å². The fourth-order valence-electron chi connectivity index (χ4n) is 4.72. The summed E-state index contributed by atoms with van der Waals surface area (Å²) in [6, 6.07) is 14.2. The number of piperazine rings is 1. The highest BCUT2D eigenvalue weighted by molar-refractivity contribution is 5.75. The number of nitrogens with zero attached hydrogens (tertiary/aromatic N) is 8. The lowest BCUT2D eigenvalue weighted by Gasteiger charge is -2.35. The number of aromatic nitrogens is 6. The van der Waals surface area contributed by atoms with E-state index < -0.39 is 6.10 Å². The van der Waals surface area contributed by atoms with E-state index in [1.165, 1.54) is 0 Å². The van der Waals surface area contributed by atoms with Gasteiger partial charge in [-0.05, 0) is 11.6 Å². The standard InChI is InChI=1S/C27H28N8O/c1-32-18-23(16-30-32)21-7-8-24-25(17-31-35(24)19-21)33-9-11-34(12-10-33)27-28-14-22(15-29-27)26(36)13-20-5-3-2-4-6-20/h2-8,14-19,26,36H,9-13H2,1H3. The third-order valence-electron chi connectivity index (χ3n) is 6.75. The van der Waals surface area contributed by atoms with Crippen molar-refractivity contribution in [3.63, 3.8) is 0 Å². The number of anilines is 2. The summed E-state index contributed by atoms with van der Waals surface area (Å²) in [4.78, 5) is 13.7. The molecule has 1 aromatic carbocycles. The van der Waals surface area contributed by atoms with Crippen molar-refractivity contribution >= 4 is 17.2 Å². The van der Waals surface area contributed by atoms with Crippen molar-refractivity contribution in [2.45, 2.75) is 12.5 Å². The Morgan fingerprint density at radius 3 is 2.28 bits per heavy atom. The van der Waals surface area contributed by atoms with Crippen molar-refractivity contribution in [1.29, 1.82) is 0 Å². The minimum Gasteiger partial charge on any atom is -0.388 e. The molecule has 0 aliphatic carbocycles. The van der Waals surface area contributed by atoms with Crippen LogP contribution in [-0.2, 0) is 13.5 Å². The number of hydrogen-bond acceptors (Lipinski definition) is 7. The van der Waals surface area contributed by atoms with Crippen LogP contribution in [0.2, 0.25) is 0 Å². The molecule has 5 aromatic rings. The van der Waals surface area contributed by atoms with Crippen LogP contribution in [0.15, 0.2) is 79.6 Å². The molecular formula is C27H28N8O. The van der Waals surface area contributed by atoms with Crippen molar-refractivity contribution in [1.82, 2.24) is 29.4 Å². The van der Waals surface area contributed by atoms with Gasteiger partial charge in [0.05, 0.1) is 29.7 Å². The Morgan fingerprint density at radius 2 is 1.56 bits per heavy atom. The summed E-state index contributed by atoms with van der Waals surface area (Å²) in [5.41, 5.74) is 6.20. The fraction of sp³-hybridized carbons (Fsp3) is 0.259. The summed E-state index contributed by atoms with van der Waals surface area (Å²) in [6.07, 6.45) is 11.3. The first-order valence-electron chi connectivity index (χ1n) is 12.1. The van der Waals surface area contributed by atoms with Gasteiger partial charge in [-0.3, -0.25) is 4.68 Å². The zero-order valence-electron chi connectivity index (χ0n) is 20.1. The van der Waals surface area contributed by atoms with Gasteiger partial charge in [0.2, 0.25) is 5.95 Å². The lowest BCUT2D eigenvalue weighted by atomic mass is 10.0. The molecule has 1 aliphatic heterocycles. The number of benzene rings is 1. The molecule has 6 rings (SSSR count). The second-order valence-electron chi connectivity index (χ2n) is 9.18. The van der Waals surface area contributed by atoms with E-state index in [1.807, 2.05) is 66.7 Å². The number of aryl methyl sites for hydroxylation is 1. The van der Waals surface area contributed by atoms with E-state index in [2.05, 4.69) is 42.1 Å². The van der Waals surface area contributed by atoms with Crippen molar-refractivity contribution in [3.05, 3.63) is 90.8 Å². The quantitative estimate of drug-likeness (QED) is 0.400. The van der Waals surface area contributed by atoms with E-state index in [9.17, 15) is 5.11 Å². The Morgan fingerprint density at radius 1 is 0.806 bits per heavy atom. The number of aliphatic hydroxyl groups is 1. The van der Waals surface area contributed by atoms with Gasteiger partial charge in [0.25, 0.3) is 0 Å². The van der Waals surface area contributed by atoms with Gasteiger partial charge in [-0.2, -0.15) is 10.2 Å². The van der Waals surface area contributed by atoms with Crippen LogP contribution < -0.4 is 9.80 Å². The minimum atomic E-state index is -0.618. The molecule has 0 bridgehead atoms. The van der Waals surface area contributed by atoms with E-state index in [4.69, 9.17) is 0 Å². The van der Waals surface area contributed by atoms with Crippen LogP contribution in [0, 0.1) is 0 Å². The van der Waals surface area contributed by atoms with Crippen molar-refractivity contribution < 1.29 is 5.11 Å². The lowest BCUT2D eigenvalue weighted by molar-refractivity contribution is 0.177. The molecule has 1 unspecified atom stereocenters. The molecule has 1 N–H and O–H groups in total. The zero-order valence-corrected chi connectivity index (χ0v) is 20.1. The molecular weight excluding hydrogens is 452 g/mol. The van der Waals surface area contributed by atoms with Crippen LogP contribution in [0.5, 0.6) is 0 Å². The first kappa shape index (κ1) is 22.2. The van der Waals surface area contributed by atoms with Gasteiger partial charge >= 0.3 is 0 Å². The van der Waals surface area contributed by atoms with Crippen LogP contribution in [-0.4, -0.2) is 60.6 Å². The van der Waals surface area contributed by atoms with Crippen molar-refractivity contribution in [2.24, 2.45) is 7.05 Å². The third kappa shape index (κ3) is 4.40. The molecule has 0 amide bonds. The van der Waals surface area contributed by atoms with Gasteiger partial charge < -0.3 is 14.9 Å². The molecule has 4 aromatic heterocycles. The van der Waals surface area contributed by atoms with Gasteiger partial charge in [0, 0.05) is 81.1 Å². The van der Waals surface area contributed by atoms with Gasteiger partial charge in [0.15, 0.2) is 0 Å². The molecule has 1 fully saturated rings. The monoisotopic (exact) mass is 480 g/mol. The van der Waals surface area contributed by atoms with E-state index in [0.717, 1.165) is 59.6 Å². The van der Waals surface area contributed by atoms with Crippen LogP contribution in [0.1, 0.15) is 17.2 Å². The van der Waals surface area contributed by atoms with E-state index in [-0.39, 0.29) is 0 Å². The Labute approximate surface area is 209 Å². The summed E-state index contributed by atoms with van der Waals surface area (Å²) < 4.78 is 3.74. The molecule has 0 saturated carbocycles. The molecule has 0 radical (unpaired) electrons. The molecule has 9 nitrogen and oxygen atoms in total. The number of rotatable bonds is 6. The molecule has 1 atom stereocenters. The first-order chi connectivity index (χ1) is 17.6. The smallest absolute Gasteiger partial charge is 0.225 e. The first-order valence-corrected chi connectivity index (χ1v) is 12.1. The van der Waals surface area contributed by atoms with Crippen LogP contribution in [0.25, 0.3) is 16.6 Å². The minimum absolute atomic E-state index is 0.547. The average molecular weight is 481 g/mol. The highest BCUT2D eigenvalue weighted by Gasteiger charge is 2.22.